The van der Waals surface area contributed by atoms with Crippen molar-refractivity contribution in [3.63, 3.8) is 0 Å². The molecule has 1 aromatic heterocycles. The van der Waals surface area contributed by atoms with E-state index in [1.54, 1.807) is 13.8 Å². The van der Waals surface area contributed by atoms with Gasteiger partial charge in [-0.05, 0) is 20.3 Å². The van der Waals surface area contributed by atoms with Crippen LogP contribution in [0.2, 0.25) is 0 Å². The Kier molecular flexibility index (Phi) is 6.02. The largest absolute Gasteiger partial charge is 0.463 e. The summed E-state index contributed by atoms with van der Waals surface area (Å²) in [5, 5.41) is 4.11. The highest BCUT2D eigenvalue weighted by molar-refractivity contribution is 5.76. The summed E-state index contributed by atoms with van der Waals surface area (Å²) in [6.07, 6.45) is 1.73. The van der Waals surface area contributed by atoms with Crippen LogP contribution < -0.4 is 5.73 Å². The molecule has 0 spiro atoms. The average Bonchev–Trinajstić information content (AvgIpc) is 2.64. The maximum atomic E-state index is 11.6. The number of rotatable bonds is 7. The molecule has 0 unspecified atom stereocenters. The van der Waals surface area contributed by atoms with Crippen molar-refractivity contribution in [2.24, 2.45) is 0 Å². The van der Waals surface area contributed by atoms with Gasteiger partial charge in [-0.25, -0.2) is 4.79 Å². The van der Waals surface area contributed by atoms with Gasteiger partial charge in [-0.15, -0.1) is 0 Å². The number of hydrogen-bond acceptors (Lipinski definition) is 6. The third-order valence-electron chi connectivity index (χ3n) is 2.83. The van der Waals surface area contributed by atoms with Gasteiger partial charge in [0.2, 0.25) is 0 Å². The molecular weight excluding hydrogens is 262 g/mol. The lowest BCUT2D eigenvalue weighted by atomic mass is 10.3. The lowest BCUT2D eigenvalue weighted by Crippen LogP contribution is -2.21. The normalized spacial score (nSPS) is 10.3. The van der Waals surface area contributed by atoms with E-state index >= 15 is 0 Å². The molecule has 2 N–H and O–H groups in total. The maximum Gasteiger partial charge on any atom is 0.344 e. The van der Waals surface area contributed by atoms with Gasteiger partial charge < -0.3 is 15.2 Å². The summed E-state index contributed by atoms with van der Waals surface area (Å²) < 4.78 is 11.2. The minimum absolute atomic E-state index is 0.0773. The number of esters is 2. The van der Waals surface area contributed by atoms with E-state index in [2.05, 4.69) is 5.10 Å². The van der Waals surface area contributed by atoms with E-state index in [-0.39, 0.29) is 13.2 Å². The molecule has 0 aliphatic heterocycles. The highest BCUT2D eigenvalue weighted by atomic mass is 16.6. The van der Waals surface area contributed by atoms with Crippen LogP contribution in [0, 0.1) is 13.8 Å². The number of nitrogens with zero attached hydrogens (tertiary/aromatic N) is 2. The van der Waals surface area contributed by atoms with Gasteiger partial charge in [0, 0.05) is 0 Å². The molecule has 1 aromatic rings. The third kappa shape index (κ3) is 4.56. The molecule has 112 valence electrons. The summed E-state index contributed by atoms with van der Waals surface area (Å²) >= 11 is 0. The van der Waals surface area contributed by atoms with Crippen LogP contribution in [0.15, 0.2) is 0 Å². The minimum atomic E-state index is -0.553. The Morgan fingerprint density at radius 1 is 1.25 bits per heavy atom. The number of aryl methyl sites for hydroxylation is 1. The van der Waals surface area contributed by atoms with Gasteiger partial charge in [-0.3, -0.25) is 9.48 Å². The first-order valence-corrected chi connectivity index (χ1v) is 6.56. The first-order valence-electron chi connectivity index (χ1n) is 6.56. The van der Waals surface area contributed by atoms with Gasteiger partial charge in [0.05, 0.1) is 23.7 Å². The van der Waals surface area contributed by atoms with Crippen LogP contribution in [0.4, 0.5) is 5.69 Å². The van der Waals surface area contributed by atoms with Gasteiger partial charge in [0.1, 0.15) is 6.54 Å². The Morgan fingerprint density at radius 3 is 2.50 bits per heavy atom. The van der Waals surface area contributed by atoms with Crippen molar-refractivity contribution in [1.29, 1.82) is 0 Å². The van der Waals surface area contributed by atoms with Crippen molar-refractivity contribution in [1.82, 2.24) is 9.78 Å². The Hall–Kier alpha value is -2.05. The number of nitrogen functional groups attached to an aromatic ring is 1. The Labute approximate surface area is 118 Å². The Bertz CT molecular complexity index is 482. The second kappa shape index (κ2) is 7.52. The van der Waals surface area contributed by atoms with E-state index in [1.165, 1.54) is 4.68 Å². The number of hydrogen-bond donors (Lipinski definition) is 1. The smallest absolute Gasteiger partial charge is 0.344 e. The van der Waals surface area contributed by atoms with Crippen LogP contribution in [0.25, 0.3) is 0 Å². The first-order chi connectivity index (χ1) is 9.45. The van der Waals surface area contributed by atoms with Crippen LogP contribution in [-0.4, -0.2) is 34.9 Å². The predicted octanol–water partition coefficient (Wildman–Crippen LogP) is 0.969. The average molecular weight is 283 g/mol. The monoisotopic (exact) mass is 283 g/mol. The van der Waals surface area contributed by atoms with Crippen LogP contribution in [0.5, 0.6) is 0 Å². The summed E-state index contributed by atoms with van der Waals surface area (Å²) in [4.78, 5) is 22.8. The number of carbonyl (C=O) groups excluding carboxylic acids is 2. The molecule has 7 heteroatoms. The van der Waals surface area contributed by atoms with E-state index in [9.17, 15) is 9.59 Å². The maximum absolute atomic E-state index is 11.6. The molecule has 0 aliphatic carbocycles. The fourth-order valence-electron chi connectivity index (χ4n) is 1.54. The fourth-order valence-corrected chi connectivity index (χ4v) is 1.54. The molecular formula is C13H21N3O4. The van der Waals surface area contributed by atoms with Crippen LogP contribution in [0.1, 0.15) is 31.2 Å². The van der Waals surface area contributed by atoms with E-state index in [0.717, 1.165) is 12.8 Å². The van der Waals surface area contributed by atoms with Crippen molar-refractivity contribution in [3.8, 4) is 0 Å². The number of nitrogens with two attached hydrogens (primary N) is 1. The standard InChI is InChI=1S/C13H21N3O4/c1-4-5-6-19-12(18)8-20-11(17)7-16-10(3)13(14)9(2)15-16/h4-8,14H2,1-3H3. The Morgan fingerprint density at radius 2 is 1.95 bits per heavy atom. The third-order valence-corrected chi connectivity index (χ3v) is 2.83. The lowest BCUT2D eigenvalue weighted by molar-refractivity contribution is -0.159. The van der Waals surface area contributed by atoms with E-state index in [1.807, 2.05) is 6.92 Å². The fraction of sp³-hybridized carbons (Fsp3) is 0.615. The van der Waals surface area contributed by atoms with Crippen molar-refractivity contribution >= 4 is 17.6 Å². The van der Waals surface area contributed by atoms with Crippen LogP contribution in [-0.2, 0) is 25.6 Å². The summed E-state index contributed by atoms with van der Waals surface area (Å²) in [7, 11) is 0. The number of aromatic nitrogens is 2. The summed E-state index contributed by atoms with van der Waals surface area (Å²) in [5.41, 5.74) is 7.67. The summed E-state index contributed by atoms with van der Waals surface area (Å²) in [6, 6.07) is 0. The zero-order valence-electron chi connectivity index (χ0n) is 12.1. The second-order valence-electron chi connectivity index (χ2n) is 4.48. The molecule has 20 heavy (non-hydrogen) atoms. The zero-order valence-corrected chi connectivity index (χ0v) is 12.1. The molecule has 0 saturated carbocycles. The van der Waals surface area contributed by atoms with Gasteiger partial charge in [-0.1, -0.05) is 13.3 Å². The number of carbonyl (C=O) groups is 2. The Balaban J connectivity index is 2.36. The SMILES string of the molecule is CCCCOC(=O)COC(=O)Cn1nc(C)c(N)c1C. The highest BCUT2D eigenvalue weighted by Crippen LogP contribution is 2.14. The van der Waals surface area contributed by atoms with Crippen LogP contribution >= 0.6 is 0 Å². The van der Waals surface area contributed by atoms with Crippen molar-refractivity contribution in [2.45, 2.75) is 40.2 Å². The van der Waals surface area contributed by atoms with Gasteiger partial charge in [0.25, 0.3) is 0 Å². The van der Waals surface area contributed by atoms with Gasteiger partial charge >= 0.3 is 11.9 Å². The number of unbranched alkanes of at least 4 members (excludes halogenated alkanes) is 1. The van der Waals surface area contributed by atoms with Crippen molar-refractivity contribution in [2.75, 3.05) is 18.9 Å². The quantitative estimate of drug-likeness (QED) is 0.591. The van der Waals surface area contributed by atoms with E-state index < -0.39 is 11.9 Å². The number of anilines is 1. The summed E-state index contributed by atoms with van der Waals surface area (Å²) in [6.45, 7) is 5.41. The highest BCUT2D eigenvalue weighted by Gasteiger charge is 2.13. The zero-order chi connectivity index (χ0) is 15.1. The molecule has 0 bridgehead atoms. The molecule has 7 nitrogen and oxygen atoms in total. The lowest BCUT2D eigenvalue weighted by Gasteiger charge is -2.06. The minimum Gasteiger partial charge on any atom is -0.463 e. The van der Waals surface area contributed by atoms with Crippen molar-refractivity contribution in [3.05, 3.63) is 11.4 Å². The van der Waals surface area contributed by atoms with E-state index in [4.69, 9.17) is 15.2 Å². The second-order valence-corrected chi connectivity index (χ2v) is 4.48. The molecule has 0 saturated heterocycles. The topological polar surface area (TPSA) is 96.4 Å². The summed E-state index contributed by atoms with van der Waals surface area (Å²) in [5.74, 6) is -1.09. The van der Waals surface area contributed by atoms with Crippen LogP contribution in [0.3, 0.4) is 0 Å². The molecule has 0 aromatic carbocycles. The van der Waals surface area contributed by atoms with E-state index in [0.29, 0.717) is 23.7 Å². The molecule has 0 aliphatic rings. The predicted molar refractivity (Wildman–Crippen MR) is 72.9 cm³/mol. The molecule has 0 amide bonds. The molecule has 0 fully saturated rings. The van der Waals surface area contributed by atoms with Gasteiger partial charge in [-0.2, -0.15) is 5.10 Å². The molecule has 1 rings (SSSR count). The first kappa shape index (κ1) is 16.0. The van der Waals surface area contributed by atoms with Gasteiger partial charge in [0.15, 0.2) is 6.61 Å². The van der Waals surface area contributed by atoms with Crippen molar-refractivity contribution < 1.29 is 19.1 Å². The molecule has 1 heterocycles. The molecule has 0 atom stereocenters. The number of ether oxygens (including phenoxy) is 2. The molecule has 0 radical (unpaired) electrons.